The molecule has 148 valence electrons. The van der Waals surface area contributed by atoms with Crippen molar-refractivity contribution in [1.29, 1.82) is 0 Å². The molecule has 1 saturated carbocycles. The quantitative estimate of drug-likeness (QED) is 0.731. The number of carboxylic acid groups (broad SMARTS) is 1. The Kier molecular flexibility index (Phi) is 3.71. The lowest BCUT2D eigenvalue weighted by molar-refractivity contribution is 0.0695. The fourth-order valence-electron chi connectivity index (χ4n) is 4.02. The molecule has 9 heteroatoms. The molecule has 1 N–H and O–H groups in total. The summed E-state index contributed by atoms with van der Waals surface area (Å²) < 4.78 is 43.6. The van der Waals surface area contributed by atoms with Gasteiger partial charge in [0.25, 0.3) is 0 Å². The molecular formula is C20H14F3N3O3. The van der Waals surface area contributed by atoms with E-state index in [1.165, 1.54) is 0 Å². The second-order valence-electron chi connectivity index (χ2n) is 7.47. The predicted octanol–water partition coefficient (Wildman–Crippen LogP) is 2.96. The van der Waals surface area contributed by atoms with E-state index in [0.717, 1.165) is 35.4 Å². The zero-order chi connectivity index (χ0) is 20.4. The van der Waals surface area contributed by atoms with Gasteiger partial charge in [-0.1, -0.05) is 0 Å². The molecule has 0 radical (unpaired) electrons. The average Bonchev–Trinajstić information content (AvgIpc) is 3.28. The molecule has 2 aliphatic rings. The zero-order valence-electron chi connectivity index (χ0n) is 14.9. The van der Waals surface area contributed by atoms with Crippen molar-refractivity contribution in [2.45, 2.75) is 6.42 Å². The number of hydrogen-bond acceptors (Lipinski definition) is 4. The maximum Gasteiger partial charge on any atom is 0.341 e. The van der Waals surface area contributed by atoms with E-state index in [-0.39, 0.29) is 22.5 Å². The van der Waals surface area contributed by atoms with Crippen LogP contribution in [-0.4, -0.2) is 33.7 Å². The van der Waals surface area contributed by atoms with Crippen LogP contribution in [0.25, 0.3) is 16.7 Å². The summed E-state index contributed by atoms with van der Waals surface area (Å²) in [5.41, 5.74) is -1.89. The Morgan fingerprint density at radius 3 is 2.48 bits per heavy atom. The molecule has 3 aromatic rings. The van der Waals surface area contributed by atoms with Gasteiger partial charge >= 0.3 is 5.97 Å². The number of aromatic nitrogens is 2. The van der Waals surface area contributed by atoms with E-state index in [1.807, 2.05) is 0 Å². The number of aromatic carboxylic acids is 1. The van der Waals surface area contributed by atoms with Crippen molar-refractivity contribution in [2.75, 3.05) is 18.0 Å². The van der Waals surface area contributed by atoms with Gasteiger partial charge in [0.2, 0.25) is 5.43 Å². The molecule has 5 rings (SSSR count). The molecule has 2 aromatic heterocycles. The minimum atomic E-state index is -1.54. The van der Waals surface area contributed by atoms with E-state index in [9.17, 15) is 27.9 Å². The molecule has 0 amide bonds. The molecule has 1 aliphatic heterocycles. The first kappa shape index (κ1) is 17.7. The summed E-state index contributed by atoms with van der Waals surface area (Å²) in [6.07, 6.45) is 2.03. The van der Waals surface area contributed by atoms with Gasteiger partial charge in [0, 0.05) is 25.4 Å². The van der Waals surface area contributed by atoms with Gasteiger partial charge in [0.1, 0.15) is 17.2 Å². The van der Waals surface area contributed by atoms with Crippen LogP contribution in [-0.2, 0) is 0 Å². The zero-order valence-corrected chi connectivity index (χ0v) is 14.9. The number of anilines is 1. The van der Waals surface area contributed by atoms with Crippen LogP contribution < -0.4 is 10.3 Å². The third-order valence-electron chi connectivity index (χ3n) is 5.59. The number of pyridine rings is 2. The van der Waals surface area contributed by atoms with Gasteiger partial charge in [-0.05, 0) is 36.5 Å². The predicted molar refractivity (Wildman–Crippen MR) is 98.0 cm³/mol. The molecule has 6 nitrogen and oxygen atoms in total. The van der Waals surface area contributed by atoms with Gasteiger partial charge in [0.05, 0.1) is 11.1 Å². The Bertz CT molecular complexity index is 1250. The summed E-state index contributed by atoms with van der Waals surface area (Å²) in [6.45, 7) is 1.28. The van der Waals surface area contributed by atoms with Crippen LogP contribution in [0.5, 0.6) is 0 Å². The second kappa shape index (κ2) is 6.07. The highest BCUT2D eigenvalue weighted by Crippen LogP contribution is 2.46. The SMILES string of the molecule is O=C(O)c1cn(-c2ccc(F)cc2F)c2nc(N3C[C@H]4C[C@H]4C3)c(F)cc2c1=O. The molecule has 1 saturated heterocycles. The van der Waals surface area contributed by atoms with Crippen molar-refractivity contribution < 1.29 is 23.1 Å². The van der Waals surface area contributed by atoms with Crippen molar-refractivity contribution in [1.82, 2.24) is 9.55 Å². The van der Waals surface area contributed by atoms with Crippen molar-refractivity contribution in [2.24, 2.45) is 11.8 Å². The Balaban J connectivity index is 1.80. The van der Waals surface area contributed by atoms with Crippen LogP contribution in [0, 0.1) is 29.3 Å². The number of piperidine rings is 1. The highest BCUT2D eigenvalue weighted by molar-refractivity contribution is 5.92. The Hall–Kier alpha value is -3.36. The minimum absolute atomic E-state index is 0.0310. The molecular weight excluding hydrogens is 387 g/mol. The summed E-state index contributed by atoms with van der Waals surface area (Å²) >= 11 is 0. The van der Waals surface area contributed by atoms with Crippen molar-refractivity contribution >= 4 is 22.8 Å². The molecule has 0 unspecified atom stereocenters. The first-order valence-corrected chi connectivity index (χ1v) is 9.03. The molecule has 29 heavy (non-hydrogen) atoms. The Labute approximate surface area is 161 Å². The van der Waals surface area contributed by atoms with Crippen LogP contribution in [0.2, 0.25) is 0 Å². The summed E-state index contributed by atoms with van der Waals surface area (Å²) in [5, 5.41) is 9.06. The minimum Gasteiger partial charge on any atom is -0.477 e. The number of rotatable bonds is 3. The number of nitrogens with zero attached hydrogens (tertiary/aromatic N) is 3. The van der Waals surface area contributed by atoms with E-state index in [0.29, 0.717) is 31.0 Å². The van der Waals surface area contributed by atoms with E-state index in [2.05, 4.69) is 4.98 Å². The number of fused-ring (bicyclic) bond motifs is 2. The second-order valence-corrected chi connectivity index (χ2v) is 7.47. The Morgan fingerprint density at radius 2 is 1.83 bits per heavy atom. The summed E-state index contributed by atoms with van der Waals surface area (Å²) in [5.74, 6) is -3.05. The molecule has 1 aromatic carbocycles. The molecule has 3 heterocycles. The van der Waals surface area contributed by atoms with Gasteiger partial charge in [0.15, 0.2) is 17.3 Å². The molecule has 1 aliphatic carbocycles. The smallest absolute Gasteiger partial charge is 0.341 e. The van der Waals surface area contributed by atoms with Crippen molar-refractivity contribution in [3.05, 3.63) is 63.7 Å². The van der Waals surface area contributed by atoms with Gasteiger partial charge in [-0.15, -0.1) is 0 Å². The molecule has 0 spiro atoms. The summed E-state index contributed by atoms with van der Waals surface area (Å²) in [6, 6.07) is 3.68. The van der Waals surface area contributed by atoms with E-state index in [4.69, 9.17) is 0 Å². The van der Waals surface area contributed by atoms with Crippen LogP contribution in [0.1, 0.15) is 16.8 Å². The van der Waals surface area contributed by atoms with Gasteiger partial charge in [-0.2, -0.15) is 0 Å². The number of benzene rings is 1. The topological polar surface area (TPSA) is 75.4 Å². The van der Waals surface area contributed by atoms with Crippen LogP contribution >= 0.6 is 0 Å². The maximum atomic E-state index is 14.8. The van der Waals surface area contributed by atoms with Crippen LogP contribution in [0.15, 0.2) is 35.3 Å². The third-order valence-corrected chi connectivity index (χ3v) is 5.59. The largest absolute Gasteiger partial charge is 0.477 e. The van der Waals surface area contributed by atoms with Crippen molar-refractivity contribution in [3.8, 4) is 5.69 Å². The van der Waals surface area contributed by atoms with Crippen LogP contribution in [0.3, 0.4) is 0 Å². The number of hydrogen-bond donors (Lipinski definition) is 1. The summed E-state index contributed by atoms with van der Waals surface area (Å²) in [7, 11) is 0. The van der Waals surface area contributed by atoms with E-state index in [1.54, 1.807) is 4.90 Å². The van der Waals surface area contributed by atoms with Gasteiger partial charge < -0.3 is 10.0 Å². The van der Waals surface area contributed by atoms with E-state index < -0.39 is 34.4 Å². The van der Waals surface area contributed by atoms with Crippen LogP contribution in [0.4, 0.5) is 19.0 Å². The highest BCUT2D eigenvalue weighted by Gasteiger charge is 2.46. The lowest BCUT2D eigenvalue weighted by atomic mass is 10.1. The first-order chi connectivity index (χ1) is 13.8. The fraction of sp³-hybridized carbons (Fsp3) is 0.250. The monoisotopic (exact) mass is 401 g/mol. The van der Waals surface area contributed by atoms with Gasteiger partial charge in [-0.25, -0.2) is 22.9 Å². The van der Waals surface area contributed by atoms with Gasteiger partial charge in [-0.3, -0.25) is 9.36 Å². The molecule has 0 bridgehead atoms. The standard InChI is InChI=1S/C20H14F3N3O3/c21-11-1-2-16(14(22)4-11)26-8-13(20(28)29)17(27)12-5-15(23)19(24-18(12)26)25-6-9-3-10(9)7-25/h1-2,4-5,8-10H,3,6-7H2,(H,28,29)/t9-,10+. The molecule has 2 fully saturated rings. The van der Waals surface area contributed by atoms with E-state index >= 15 is 0 Å². The normalized spacial score (nSPS) is 20.2. The third kappa shape index (κ3) is 2.76. The highest BCUT2D eigenvalue weighted by atomic mass is 19.1. The number of carboxylic acids is 1. The summed E-state index contributed by atoms with van der Waals surface area (Å²) in [4.78, 5) is 30.1. The number of halogens is 3. The first-order valence-electron chi connectivity index (χ1n) is 9.03. The lowest BCUT2D eigenvalue weighted by Crippen LogP contribution is -2.26. The fourth-order valence-corrected chi connectivity index (χ4v) is 4.02. The Morgan fingerprint density at radius 1 is 1.10 bits per heavy atom. The molecule has 2 atom stereocenters. The average molecular weight is 401 g/mol. The maximum absolute atomic E-state index is 14.8. The lowest BCUT2D eigenvalue weighted by Gasteiger charge is -2.21. The number of carbonyl (C=O) groups is 1. The van der Waals surface area contributed by atoms with Crippen molar-refractivity contribution in [3.63, 3.8) is 0 Å².